The van der Waals surface area contributed by atoms with Gasteiger partial charge in [-0.05, 0) is 31.4 Å². The average molecular weight is 490 g/mol. The van der Waals surface area contributed by atoms with Gasteiger partial charge < -0.3 is 5.11 Å². The average Bonchev–Trinajstić information content (AvgIpc) is 3.08. The number of benzene rings is 1. The minimum absolute atomic E-state index is 0.342. The standard InChI is InChI=1S/C20H26F3N3O4SSi/c1-25(17-6-5-7-18-16(17)11-24-26(18)12-19(27)28)31(29,30)14-8-13(20(21,22)23)9-15(10-14)32(2,3)4/h8-11,17H,5-7,12H2,1-4H3,(H,27,28). The van der Waals surface area contributed by atoms with Crippen molar-refractivity contribution in [3.63, 3.8) is 0 Å². The van der Waals surface area contributed by atoms with Gasteiger partial charge >= 0.3 is 12.1 Å². The highest BCUT2D eigenvalue weighted by atomic mass is 32.2. The minimum atomic E-state index is -4.67. The van der Waals surface area contributed by atoms with Crippen molar-refractivity contribution in [2.45, 2.75) is 62.6 Å². The third-order valence-corrected chi connectivity index (χ3v) is 9.60. The Bertz CT molecular complexity index is 1110. The van der Waals surface area contributed by atoms with Crippen LogP contribution in [-0.2, 0) is 34.0 Å². The molecule has 12 heteroatoms. The second-order valence-corrected chi connectivity index (χ2v) is 16.1. The van der Waals surface area contributed by atoms with Gasteiger partial charge in [-0.1, -0.05) is 30.9 Å². The first-order valence-electron chi connectivity index (χ1n) is 10.1. The van der Waals surface area contributed by atoms with Crippen LogP contribution in [0.3, 0.4) is 0 Å². The number of carboxylic acids is 1. The number of hydrogen-bond donors (Lipinski definition) is 1. The predicted octanol–water partition coefficient (Wildman–Crippen LogP) is 3.23. The Morgan fingerprint density at radius 1 is 1.28 bits per heavy atom. The van der Waals surface area contributed by atoms with Gasteiger partial charge in [0.25, 0.3) is 0 Å². The lowest BCUT2D eigenvalue weighted by Gasteiger charge is -2.31. The minimum Gasteiger partial charge on any atom is -0.480 e. The highest BCUT2D eigenvalue weighted by molar-refractivity contribution is 7.89. The molecular formula is C20H26F3N3O4SSi. The van der Waals surface area contributed by atoms with Crippen LogP contribution in [-0.4, -0.2) is 48.7 Å². The third kappa shape index (κ3) is 4.76. The zero-order chi connectivity index (χ0) is 24.1. The number of sulfonamides is 1. The zero-order valence-electron chi connectivity index (χ0n) is 18.3. The summed E-state index contributed by atoms with van der Waals surface area (Å²) in [4.78, 5) is 10.7. The van der Waals surface area contributed by atoms with Crippen LogP contribution in [0.4, 0.5) is 13.2 Å². The Labute approximate surface area is 185 Å². The Morgan fingerprint density at radius 3 is 2.50 bits per heavy atom. The number of hydrogen-bond acceptors (Lipinski definition) is 4. The first-order valence-corrected chi connectivity index (χ1v) is 15.0. The SMILES string of the molecule is CN(C1CCCc2c1cnn2CC(=O)O)S(=O)(=O)c1cc(C(F)(F)F)cc([Si](C)(C)C)c1. The molecule has 176 valence electrons. The molecule has 1 aliphatic carbocycles. The molecule has 0 spiro atoms. The van der Waals surface area contributed by atoms with Crippen molar-refractivity contribution in [1.82, 2.24) is 14.1 Å². The molecule has 0 fully saturated rings. The number of nitrogens with zero attached hydrogens (tertiary/aromatic N) is 3. The van der Waals surface area contributed by atoms with Gasteiger partial charge in [-0.25, -0.2) is 8.42 Å². The maximum absolute atomic E-state index is 13.5. The van der Waals surface area contributed by atoms with Gasteiger partial charge in [-0.15, -0.1) is 0 Å². The second-order valence-electron chi connectivity index (χ2n) is 9.02. The van der Waals surface area contributed by atoms with Crippen molar-refractivity contribution in [3.8, 4) is 0 Å². The molecule has 2 aromatic rings. The Hall–Kier alpha value is -2.18. The molecule has 1 N–H and O–H groups in total. The molecule has 1 aromatic carbocycles. The summed E-state index contributed by atoms with van der Waals surface area (Å²) < 4.78 is 69.9. The molecule has 32 heavy (non-hydrogen) atoms. The summed E-state index contributed by atoms with van der Waals surface area (Å²) in [6.07, 6.45) is -1.61. The molecule has 7 nitrogen and oxygen atoms in total. The second kappa shape index (κ2) is 8.30. The number of alkyl halides is 3. The first-order chi connectivity index (χ1) is 14.6. The van der Waals surface area contributed by atoms with E-state index < -0.39 is 46.7 Å². The normalized spacial score (nSPS) is 17.4. The van der Waals surface area contributed by atoms with Gasteiger partial charge in [0, 0.05) is 18.3 Å². The van der Waals surface area contributed by atoms with E-state index in [4.69, 9.17) is 5.11 Å². The number of rotatable bonds is 6. The third-order valence-electron chi connectivity index (χ3n) is 5.73. The van der Waals surface area contributed by atoms with Crippen molar-refractivity contribution >= 4 is 29.3 Å². The molecule has 0 bridgehead atoms. The summed E-state index contributed by atoms with van der Waals surface area (Å²) in [5, 5.41) is 13.6. The van der Waals surface area contributed by atoms with Crippen molar-refractivity contribution < 1.29 is 31.5 Å². The number of halogens is 3. The van der Waals surface area contributed by atoms with Gasteiger partial charge in [0.15, 0.2) is 0 Å². The van der Waals surface area contributed by atoms with E-state index in [1.807, 2.05) is 19.6 Å². The number of aliphatic carboxylic acids is 1. The highest BCUT2D eigenvalue weighted by Crippen LogP contribution is 2.37. The molecule has 1 atom stereocenters. The summed E-state index contributed by atoms with van der Waals surface area (Å²) in [5.41, 5.74) is 0.238. The molecule has 0 radical (unpaired) electrons. The quantitative estimate of drug-likeness (QED) is 0.629. The molecule has 1 unspecified atom stereocenters. The van der Waals surface area contributed by atoms with Crippen LogP contribution in [0.15, 0.2) is 29.3 Å². The summed E-state index contributed by atoms with van der Waals surface area (Å²) in [6.45, 7) is 5.22. The molecule has 0 saturated heterocycles. The van der Waals surface area contributed by atoms with Crippen molar-refractivity contribution in [2.75, 3.05) is 7.05 Å². The van der Waals surface area contributed by atoms with Crippen LogP contribution in [0.5, 0.6) is 0 Å². The van der Waals surface area contributed by atoms with Gasteiger partial charge in [-0.2, -0.15) is 22.6 Å². The highest BCUT2D eigenvalue weighted by Gasteiger charge is 2.38. The summed E-state index contributed by atoms with van der Waals surface area (Å²) in [7, 11) is -5.16. The molecule has 0 amide bonds. The topological polar surface area (TPSA) is 92.5 Å². The van der Waals surface area contributed by atoms with Gasteiger partial charge in [0.05, 0.1) is 30.8 Å². The van der Waals surface area contributed by atoms with Crippen LogP contribution in [0.2, 0.25) is 19.6 Å². The van der Waals surface area contributed by atoms with Crippen LogP contribution < -0.4 is 5.19 Å². The maximum atomic E-state index is 13.5. The number of carbonyl (C=O) groups is 1. The number of fused-ring (bicyclic) bond motifs is 1. The zero-order valence-corrected chi connectivity index (χ0v) is 20.1. The Kier molecular flexibility index (Phi) is 6.35. The van der Waals surface area contributed by atoms with E-state index in [2.05, 4.69) is 5.10 Å². The van der Waals surface area contributed by atoms with Crippen molar-refractivity contribution in [3.05, 3.63) is 41.2 Å². The van der Waals surface area contributed by atoms with Crippen LogP contribution in [0, 0.1) is 0 Å². The fraction of sp³-hybridized carbons (Fsp3) is 0.500. The van der Waals surface area contributed by atoms with Crippen molar-refractivity contribution in [2.24, 2.45) is 0 Å². The predicted molar refractivity (Wildman–Crippen MR) is 115 cm³/mol. The van der Waals surface area contributed by atoms with Crippen LogP contribution in [0.1, 0.15) is 35.7 Å². The molecule has 1 aromatic heterocycles. The summed E-state index contributed by atoms with van der Waals surface area (Å²) in [5.74, 6) is -1.07. The number of carboxylic acid groups (broad SMARTS) is 1. The Balaban J connectivity index is 2.06. The van der Waals surface area contributed by atoms with E-state index in [1.165, 1.54) is 24.0 Å². The van der Waals surface area contributed by atoms with E-state index in [0.717, 1.165) is 10.4 Å². The van der Waals surface area contributed by atoms with Crippen LogP contribution in [0.25, 0.3) is 0 Å². The fourth-order valence-electron chi connectivity index (χ4n) is 3.92. The molecule has 3 rings (SSSR count). The largest absolute Gasteiger partial charge is 0.480 e. The van der Waals surface area contributed by atoms with Gasteiger partial charge in [-0.3, -0.25) is 9.48 Å². The van der Waals surface area contributed by atoms with Crippen molar-refractivity contribution in [1.29, 1.82) is 0 Å². The summed E-state index contributed by atoms with van der Waals surface area (Å²) >= 11 is 0. The van der Waals surface area contributed by atoms with E-state index in [-0.39, 0.29) is 6.54 Å². The molecule has 1 heterocycles. The first kappa shape index (κ1) is 24.5. The molecule has 0 saturated carbocycles. The fourth-order valence-corrected chi connectivity index (χ4v) is 6.64. The lowest BCUT2D eigenvalue weighted by Crippen LogP contribution is -2.40. The van der Waals surface area contributed by atoms with Gasteiger partial charge in [0.1, 0.15) is 6.54 Å². The molecule has 1 aliphatic rings. The lowest BCUT2D eigenvalue weighted by atomic mass is 9.93. The van der Waals surface area contributed by atoms with Gasteiger partial charge in [0.2, 0.25) is 10.0 Å². The monoisotopic (exact) mass is 489 g/mol. The Morgan fingerprint density at radius 2 is 1.94 bits per heavy atom. The maximum Gasteiger partial charge on any atom is 0.416 e. The smallest absolute Gasteiger partial charge is 0.416 e. The van der Waals surface area contributed by atoms with Crippen LogP contribution >= 0.6 is 0 Å². The molecular weight excluding hydrogens is 463 g/mol. The number of aromatic nitrogens is 2. The lowest BCUT2D eigenvalue weighted by molar-refractivity contribution is -0.138. The summed E-state index contributed by atoms with van der Waals surface area (Å²) in [6, 6.07) is 2.44. The van der Waals surface area contributed by atoms with E-state index >= 15 is 0 Å². The van der Waals surface area contributed by atoms with E-state index in [0.29, 0.717) is 41.8 Å². The van der Waals surface area contributed by atoms with E-state index in [9.17, 15) is 26.4 Å². The molecule has 0 aliphatic heterocycles. The van der Waals surface area contributed by atoms with E-state index in [1.54, 1.807) is 0 Å².